The van der Waals surface area contributed by atoms with Gasteiger partial charge in [0, 0.05) is 29.7 Å². The number of hydrogen-bond donors (Lipinski definition) is 2. The molecule has 188 valence electrons. The first kappa shape index (κ1) is 25.5. The van der Waals surface area contributed by atoms with Gasteiger partial charge in [0.05, 0.1) is 12.3 Å². The van der Waals surface area contributed by atoms with E-state index in [1.54, 1.807) is 13.1 Å². The van der Waals surface area contributed by atoms with Gasteiger partial charge < -0.3 is 15.8 Å². The molecule has 1 aliphatic rings. The molecule has 1 fully saturated rings. The number of likely N-dealkylation sites (tertiary alicyclic amines) is 1. The number of pyridine rings is 1. The summed E-state index contributed by atoms with van der Waals surface area (Å²) in [4.78, 5) is 24.3. The van der Waals surface area contributed by atoms with Crippen LogP contribution >= 0.6 is 11.3 Å². The smallest absolute Gasteiger partial charge is 0.270 e. The van der Waals surface area contributed by atoms with Crippen molar-refractivity contribution in [3.8, 4) is 22.5 Å². The lowest BCUT2D eigenvalue weighted by atomic mass is 9.96. The number of ether oxygens (including phenoxy) is 1. The summed E-state index contributed by atoms with van der Waals surface area (Å²) < 4.78 is 32.9. The zero-order valence-corrected chi connectivity index (χ0v) is 20.6. The van der Waals surface area contributed by atoms with Crippen molar-refractivity contribution in [2.24, 2.45) is 5.92 Å². The molecule has 8 nitrogen and oxygen atoms in total. The van der Waals surface area contributed by atoms with Crippen molar-refractivity contribution in [3.05, 3.63) is 58.2 Å². The van der Waals surface area contributed by atoms with Gasteiger partial charge in [-0.2, -0.15) is 5.26 Å². The number of nitriles is 1. The van der Waals surface area contributed by atoms with Crippen LogP contribution in [-0.2, 0) is 6.54 Å². The van der Waals surface area contributed by atoms with Crippen LogP contribution in [0, 0.1) is 28.9 Å². The van der Waals surface area contributed by atoms with Gasteiger partial charge >= 0.3 is 0 Å². The van der Waals surface area contributed by atoms with Gasteiger partial charge in [-0.05, 0) is 57.0 Å². The fraction of sp³-hybridized carbons (Fsp3) is 0.360. The third-order valence-corrected chi connectivity index (χ3v) is 7.03. The number of benzene rings is 1. The number of carbonyl (C=O) groups excluding carboxylic acids is 1. The van der Waals surface area contributed by atoms with E-state index in [0.29, 0.717) is 30.6 Å². The van der Waals surface area contributed by atoms with Gasteiger partial charge in [0.25, 0.3) is 5.91 Å². The van der Waals surface area contributed by atoms with E-state index >= 15 is 0 Å². The van der Waals surface area contributed by atoms with Gasteiger partial charge in [-0.25, -0.2) is 18.7 Å². The van der Waals surface area contributed by atoms with E-state index in [2.05, 4.69) is 20.2 Å². The summed E-state index contributed by atoms with van der Waals surface area (Å²) in [5.41, 5.74) is 6.46. The van der Waals surface area contributed by atoms with Gasteiger partial charge in [0.1, 0.15) is 22.3 Å². The van der Waals surface area contributed by atoms with Crippen molar-refractivity contribution in [2.75, 3.05) is 32.0 Å². The molecule has 1 aromatic carbocycles. The van der Waals surface area contributed by atoms with Gasteiger partial charge in [-0.3, -0.25) is 9.69 Å². The van der Waals surface area contributed by atoms with Crippen molar-refractivity contribution < 1.29 is 18.3 Å². The number of carbonyl (C=O) groups is 1. The molecule has 3 heterocycles. The number of anilines is 1. The van der Waals surface area contributed by atoms with E-state index in [9.17, 15) is 18.8 Å². The SMILES string of the molecule is CCOc1nc(C(=O)NCC2CCN(Cc3cnc(-c4cccc(F)c4F)s3)CC2)cc(N)c1C#N. The van der Waals surface area contributed by atoms with E-state index in [-0.39, 0.29) is 34.3 Å². The second-order valence-corrected chi connectivity index (χ2v) is 9.60. The van der Waals surface area contributed by atoms with Gasteiger partial charge in [0.15, 0.2) is 11.6 Å². The number of nitrogens with zero attached hydrogens (tertiary/aromatic N) is 4. The van der Waals surface area contributed by atoms with Crippen LogP contribution in [0.2, 0.25) is 0 Å². The van der Waals surface area contributed by atoms with E-state index < -0.39 is 11.6 Å². The van der Waals surface area contributed by atoms with Crippen LogP contribution in [0.1, 0.15) is 40.7 Å². The molecule has 2 aromatic heterocycles. The second kappa shape index (κ2) is 11.4. The van der Waals surface area contributed by atoms with Crippen LogP contribution in [0.25, 0.3) is 10.6 Å². The van der Waals surface area contributed by atoms with Crippen molar-refractivity contribution in [2.45, 2.75) is 26.3 Å². The zero-order chi connectivity index (χ0) is 25.7. The van der Waals surface area contributed by atoms with Crippen molar-refractivity contribution in [1.82, 2.24) is 20.2 Å². The summed E-state index contributed by atoms with van der Waals surface area (Å²) in [6, 6.07) is 7.43. The number of halogens is 2. The molecule has 0 bridgehead atoms. The highest BCUT2D eigenvalue weighted by Gasteiger charge is 2.22. The normalized spacial score (nSPS) is 14.4. The zero-order valence-electron chi connectivity index (χ0n) is 19.8. The molecule has 0 spiro atoms. The quantitative estimate of drug-likeness (QED) is 0.469. The molecule has 0 radical (unpaired) electrons. The Hall–Kier alpha value is -3.62. The van der Waals surface area contributed by atoms with E-state index in [4.69, 9.17) is 10.5 Å². The highest BCUT2D eigenvalue weighted by atomic mass is 32.1. The Balaban J connectivity index is 1.28. The summed E-state index contributed by atoms with van der Waals surface area (Å²) in [5, 5.41) is 12.6. The molecule has 0 aliphatic carbocycles. The predicted molar refractivity (Wildman–Crippen MR) is 132 cm³/mol. The molecular formula is C25H26F2N6O2S. The highest BCUT2D eigenvalue weighted by Crippen LogP contribution is 2.30. The standard InChI is InChI=1S/C25H26F2N6O2S/c1-2-35-24-18(11-28)20(29)10-21(32-24)23(34)30-12-15-6-8-33(9-7-15)14-16-13-31-25(36-16)17-4-3-5-19(26)22(17)27/h3-5,10,13,15H,2,6-9,12,14H2,1H3,(H2,29,32)(H,30,34). The highest BCUT2D eigenvalue weighted by molar-refractivity contribution is 7.15. The average Bonchev–Trinajstić information content (AvgIpc) is 3.33. The Morgan fingerprint density at radius 3 is 2.86 bits per heavy atom. The number of aromatic nitrogens is 2. The molecule has 0 saturated carbocycles. The van der Waals surface area contributed by atoms with Crippen LogP contribution in [-0.4, -0.2) is 47.0 Å². The Labute approximate surface area is 211 Å². The van der Waals surface area contributed by atoms with E-state index in [1.807, 2.05) is 6.07 Å². The minimum atomic E-state index is -0.883. The number of hydrogen-bond acceptors (Lipinski definition) is 8. The Morgan fingerprint density at radius 1 is 1.36 bits per heavy atom. The number of thiazole rings is 1. The van der Waals surface area contributed by atoms with Gasteiger partial charge in [-0.1, -0.05) is 6.07 Å². The van der Waals surface area contributed by atoms with Crippen LogP contribution in [0.15, 0.2) is 30.5 Å². The Morgan fingerprint density at radius 2 is 2.14 bits per heavy atom. The molecule has 3 N–H and O–H groups in total. The minimum Gasteiger partial charge on any atom is -0.477 e. The first-order valence-corrected chi connectivity index (χ1v) is 12.4. The maximum atomic E-state index is 14.1. The van der Waals surface area contributed by atoms with Crippen LogP contribution < -0.4 is 15.8 Å². The summed E-state index contributed by atoms with van der Waals surface area (Å²) in [5.74, 6) is -1.76. The Kier molecular flexibility index (Phi) is 8.07. The molecule has 3 aromatic rings. The number of rotatable bonds is 8. The number of nitrogens with one attached hydrogen (secondary N) is 1. The number of nitrogen functional groups attached to an aromatic ring is 1. The van der Waals surface area contributed by atoms with Crippen molar-refractivity contribution in [3.63, 3.8) is 0 Å². The molecule has 1 aliphatic heterocycles. The second-order valence-electron chi connectivity index (χ2n) is 8.48. The topological polar surface area (TPSA) is 117 Å². The molecule has 1 saturated heterocycles. The van der Waals surface area contributed by atoms with Gasteiger partial charge in [-0.15, -0.1) is 11.3 Å². The third kappa shape index (κ3) is 5.78. The first-order chi connectivity index (χ1) is 17.4. The number of amides is 1. The third-order valence-electron chi connectivity index (χ3n) is 6.02. The van der Waals surface area contributed by atoms with Crippen LogP contribution in [0.5, 0.6) is 5.88 Å². The summed E-state index contributed by atoms with van der Waals surface area (Å²) in [6.45, 7) is 4.94. The predicted octanol–water partition coefficient (Wildman–Crippen LogP) is 3.98. The number of piperidine rings is 1. The maximum absolute atomic E-state index is 14.1. The summed E-state index contributed by atoms with van der Waals surface area (Å²) >= 11 is 1.36. The Bertz CT molecular complexity index is 1280. The van der Waals surface area contributed by atoms with Gasteiger partial charge in [0.2, 0.25) is 5.88 Å². The lowest BCUT2D eigenvalue weighted by Crippen LogP contribution is -2.38. The first-order valence-electron chi connectivity index (χ1n) is 11.6. The lowest BCUT2D eigenvalue weighted by molar-refractivity contribution is 0.0929. The fourth-order valence-corrected chi connectivity index (χ4v) is 5.06. The van der Waals surface area contributed by atoms with Crippen LogP contribution in [0.4, 0.5) is 14.5 Å². The molecule has 11 heteroatoms. The maximum Gasteiger partial charge on any atom is 0.270 e. The lowest BCUT2D eigenvalue weighted by Gasteiger charge is -2.31. The minimum absolute atomic E-state index is 0.0600. The number of nitrogens with two attached hydrogens (primary N) is 1. The average molecular weight is 513 g/mol. The summed E-state index contributed by atoms with van der Waals surface area (Å²) in [7, 11) is 0. The molecule has 1 amide bonds. The summed E-state index contributed by atoms with van der Waals surface area (Å²) in [6.07, 6.45) is 3.51. The monoisotopic (exact) mass is 512 g/mol. The molecule has 36 heavy (non-hydrogen) atoms. The molecule has 0 atom stereocenters. The largest absolute Gasteiger partial charge is 0.477 e. The van der Waals surface area contributed by atoms with Crippen molar-refractivity contribution in [1.29, 1.82) is 5.26 Å². The van der Waals surface area contributed by atoms with E-state index in [1.165, 1.54) is 29.5 Å². The van der Waals surface area contributed by atoms with Crippen LogP contribution in [0.3, 0.4) is 0 Å². The van der Waals surface area contributed by atoms with Crippen molar-refractivity contribution >= 4 is 22.9 Å². The molecule has 4 rings (SSSR count). The molecule has 0 unspecified atom stereocenters. The molecular weight excluding hydrogens is 486 g/mol. The van der Waals surface area contributed by atoms with E-state index in [0.717, 1.165) is 36.9 Å². The fourth-order valence-electron chi connectivity index (χ4n) is 4.08.